The Morgan fingerprint density at radius 3 is 2.83 bits per heavy atom. The molecule has 0 spiro atoms. The molecular formula is C12H23N5O. The van der Waals surface area contributed by atoms with Crippen LogP contribution in [0, 0.1) is 0 Å². The van der Waals surface area contributed by atoms with Gasteiger partial charge in [-0.15, -0.1) is 0 Å². The van der Waals surface area contributed by atoms with Gasteiger partial charge < -0.3 is 20.7 Å². The molecule has 3 N–H and O–H groups in total. The summed E-state index contributed by atoms with van der Waals surface area (Å²) in [5, 5.41) is 3.18. The van der Waals surface area contributed by atoms with Crippen molar-refractivity contribution in [3.05, 3.63) is 6.33 Å². The van der Waals surface area contributed by atoms with E-state index in [0.717, 1.165) is 25.9 Å². The monoisotopic (exact) mass is 253 g/mol. The number of aromatic nitrogens is 2. The van der Waals surface area contributed by atoms with Gasteiger partial charge >= 0.3 is 0 Å². The molecule has 18 heavy (non-hydrogen) atoms. The molecule has 1 aromatic heterocycles. The first-order valence-corrected chi connectivity index (χ1v) is 6.27. The van der Waals surface area contributed by atoms with Crippen LogP contribution >= 0.6 is 0 Å². The van der Waals surface area contributed by atoms with E-state index < -0.39 is 0 Å². The average molecular weight is 253 g/mol. The van der Waals surface area contributed by atoms with Gasteiger partial charge in [0, 0.05) is 13.1 Å². The first-order chi connectivity index (χ1) is 8.65. The van der Waals surface area contributed by atoms with Crippen molar-refractivity contribution in [1.29, 1.82) is 0 Å². The number of nitrogens with zero attached hydrogens (tertiary/aromatic N) is 3. The molecule has 1 aromatic rings. The highest BCUT2D eigenvalue weighted by molar-refractivity contribution is 5.66. The topological polar surface area (TPSA) is 76.3 Å². The van der Waals surface area contributed by atoms with E-state index in [-0.39, 0.29) is 0 Å². The number of rotatable bonds is 8. The second-order valence-corrected chi connectivity index (χ2v) is 4.37. The molecule has 6 heteroatoms. The molecule has 1 rings (SSSR count). The zero-order valence-corrected chi connectivity index (χ0v) is 11.4. The van der Waals surface area contributed by atoms with E-state index in [9.17, 15) is 0 Å². The third-order valence-corrected chi connectivity index (χ3v) is 2.44. The van der Waals surface area contributed by atoms with Gasteiger partial charge in [0.25, 0.3) is 0 Å². The van der Waals surface area contributed by atoms with Gasteiger partial charge in [-0.1, -0.05) is 13.3 Å². The van der Waals surface area contributed by atoms with E-state index in [4.69, 9.17) is 10.5 Å². The number of hydrogen-bond acceptors (Lipinski definition) is 6. The third-order valence-electron chi connectivity index (χ3n) is 2.44. The summed E-state index contributed by atoms with van der Waals surface area (Å²) >= 11 is 0. The zero-order chi connectivity index (χ0) is 13.4. The lowest BCUT2D eigenvalue weighted by Crippen LogP contribution is -2.21. The van der Waals surface area contributed by atoms with Crippen LogP contribution in [-0.2, 0) is 0 Å². The zero-order valence-electron chi connectivity index (χ0n) is 11.4. The summed E-state index contributed by atoms with van der Waals surface area (Å²) in [4.78, 5) is 10.2. The summed E-state index contributed by atoms with van der Waals surface area (Å²) in [6.45, 7) is 4.44. The molecule has 0 atom stereocenters. The van der Waals surface area contributed by atoms with Crippen molar-refractivity contribution < 1.29 is 4.74 Å². The summed E-state index contributed by atoms with van der Waals surface area (Å²) in [5.41, 5.74) is 6.44. The maximum Gasteiger partial charge on any atom is 0.242 e. The molecule has 0 saturated carbocycles. The maximum absolute atomic E-state index is 5.96. The summed E-state index contributed by atoms with van der Waals surface area (Å²) in [5.74, 6) is 1.10. The van der Waals surface area contributed by atoms with E-state index in [1.165, 1.54) is 6.33 Å². The Morgan fingerprint density at radius 2 is 2.17 bits per heavy atom. The lowest BCUT2D eigenvalue weighted by Gasteiger charge is -2.13. The minimum Gasteiger partial charge on any atom is -0.476 e. The molecule has 0 saturated heterocycles. The molecule has 0 aliphatic rings. The van der Waals surface area contributed by atoms with Gasteiger partial charge in [0.05, 0.1) is 6.61 Å². The van der Waals surface area contributed by atoms with Crippen molar-refractivity contribution in [3.8, 4) is 5.88 Å². The molecule has 0 aliphatic heterocycles. The van der Waals surface area contributed by atoms with E-state index in [2.05, 4.69) is 27.1 Å². The Kier molecular flexibility index (Phi) is 6.21. The van der Waals surface area contributed by atoms with Gasteiger partial charge in [-0.3, -0.25) is 0 Å². The van der Waals surface area contributed by atoms with Gasteiger partial charge in [0.2, 0.25) is 5.88 Å². The average Bonchev–Trinajstić information content (AvgIpc) is 2.33. The highest BCUT2D eigenvalue weighted by Gasteiger charge is 2.08. The fourth-order valence-electron chi connectivity index (χ4n) is 1.35. The number of hydrogen-bond donors (Lipinski definition) is 2. The Bertz CT molecular complexity index is 356. The Hall–Kier alpha value is -1.56. The normalized spacial score (nSPS) is 10.7. The van der Waals surface area contributed by atoms with Gasteiger partial charge in [-0.2, -0.15) is 4.98 Å². The van der Waals surface area contributed by atoms with Gasteiger partial charge in [-0.25, -0.2) is 4.98 Å². The lowest BCUT2D eigenvalue weighted by molar-refractivity contribution is 0.299. The van der Waals surface area contributed by atoms with E-state index >= 15 is 0 Å². The predicted molar refractivity (Wildman–Crippen MR) is 73.9 cm³/mol. The number of nitrogens with two attached hydrogens (primary N) is 1. The number of nitrogens with one attached hydrogen (secondary N) is 1. The molecular weight excluding hydrogens is 230 g/mol. The first kappa shape index (κ1) is 14.5. The smallest absolute Gasteiger partial charge is 0.242 e. The largest absolute Gasteiger partial charge is 0.476 e. The van der Waals surface area contributed by atoms with Crippen LogP contribution in [0.15, 0.2) is 6.33 Å². The fourth-order valence-corrected chi connectivity index (χ4v) is 1.35. The van der Waals surface area contributed by atoms with Crippen molar-refractivity contribution in [3.63, 3.8) is 0 Å². The fraction of sp³-hybridized carbons (Fsp3) is 0.667. The van der Waals surface area contributed by atoms with Crippen LogP contribution in [0.5, 0.6) is 5.88 Å². The van der Waals surface area contributed by atoms with Crippen LogP contribution in [0.1, 0.15) is 19.8 Å². The molecule has 0 fully saturated rings. The number of nitrogen functional groups attached to an aromatic ring is 1. The summed E-state index contributed by atoms with van der Waals surface area (Å²) in [7, 11) is 4.04. The number of likely N-dealkylation sites (N-methyl/N-ethyl adjacent to an activating group) is 1. The van der Waals surface area contributed by atoms with Crippen LogP contribution in [0.25, 0.3) is 0 Å². The SMILES string of the molecule is CCCCOc1ncnc(NCCN(C)C)c1N. The molecule has 0 amide bonds. The van der Waals surface area contributed by atoms with Crippen molar-refractivity contribution in [2.45, 2.75) is 19.8 Å². The second kappa shape index (κ2) is 7.71. The molecule has 0 radical (unpaired) electrons. The molecule has 0 bridgehead atoms. The molecule has 6 nitrogen and oxygen atoms in total. The van der Waals surface area contributed by atoms with Crippen LogP contribution in [0.2, 0.25) is 0 Å². The second-order valence-electron chi connectivity index (χ2n) is 4.37. The quantitative estimate of drug-likeness (QED) is 0.678. The lowest BCUT2D eigenvalue weighted by atomic mass is 10.4. The summed E-state index contributed by atoms with van der Waals surface area (Å²) < 4.78 is 5.52. The Labute approximate surface area is 109 Å². The van der Waals surface area contributed by atoms with Crippen LogP contribution in [0.4, 0.5) is 11.5 Å². The van der Waals surface area contributed by atoms with E-state index in [0.29, 0.717) is 24.0 Å². The Balaban J connectivity index is 2.55. The Morgan fingerprint density at radius 1 is 1.39 bits per heavy atom. The van der Waals surface area contributed by atoms with Crippen LogP contribution in [-0.4, -0.2) is 48.7 Å². The van der Waals surface area contributed by atoms with Gasteiger partial charge in [0.15, 0.2) is 5.82 Å². The highest BCUT2D eigenvalue weighted by atomic mass is 16.5. The van der Waals surface area contributed by atoms with E-state index in [1.807, 2.05) is 14.1 Å². The number of anilines is 2. The first-order valence-electron chi connectivity index (χ1n) is 6.27. The van der Waals surface area contributed by atoms with Crippen LogP contribution in [0.3, 0.4) is 0 Å². The molecule has 102 valence electrons. The highest BCUT2D eigenvalue weighted by Crippen LogP contribution is 2.24. The molecule has 0 aromatic carbocycles. The van der Waals surface area contributed by atoms with Gasteiger partial charge in [-0.05, 0) is 20.5 Å². The van der Waals surface area contributed by atoms with Crippen molar-refractivity contribution in [2.75, 3.05) is 44.8 Å². The van der Waals surface area contributed by atoms with Crippen molar-refractivity contribution in [1.82, 2.24) is 14.9 Å². The molecule has 0 aliphatic carbocycles. The molecule has 0 unspecified atom stereocenters. The maximum atomic E-state index is 5.96. The van der Waals surface area contributed by atoms with Crippen LogP contribution < -0.4 is 15.8 Å². The minimum atomic E-state index is 0.464. The number of ether oxygens (including phenoxy) is 1. The van der Waals surface area contributed by atoms with Crippen molar-refractivity contribution >= 4 is 11.5 Å². The predicted octanol–water partition coefficient (Wildman–Crippen LogP) is 1.21. The standard InChI is InChI=1S/C12H23N5O/c1-4-5-8-18-12-10(13)11(15-9-16-12)14-6-7-17(2)3/h9H,4-8,13H2,1-3H3,(H,14,15,16). The summed E-state index contributed by atoms with van der Waals surface area (Å²) in [6.07, 6.45) is 3.54. The molecule has 1 heterocycles. The third kappa shape index (κ3) is 4.75. The summed E-state index contributed by atoms with van der Waals surface area (Å²) in [6, 6.07) is 0. The van der Waals surface area contributed by atoms with Crippen molar-refractivity contribution in [2.24, 2.45) is 0 Å². The minimum absolute atomic E-state index is 0.464. The van der Waals surface area contributed by atoms with Gasteiger partial charge in [0.1, 0.15) is 12.0 Å². The number of unbranched alkanes of at least 4 members (excludes halogenated alkanes) is 1. The van der Waals surface area contributed by atoms with E-state index in [1.54, 1.807) is 0 Å².